The Morgan fingerprint density at radius 3 is 2.22 bits per heavy atom. The molecule has 0 unspecified atom stereocenters. The highest BCUT2D eigenvalue weighted by atomic mass is 16.2. The van der Waals surface area contributed by atoms with Crippen molar-refractivity contribution in [3.63, 3.8) is 0 Å². The summed E-state index contributed by atoms with van der Waals surface area (Å²) in [6.07, 6.45) is 7.42. The Morgan fingerprint density at radius 2 is 1.65 bits per heavy atom. The molecule has 1 fully saturated rings. The summed E-state index contributed by atoms with van der Waals surface area (Å²) in [6, 6.07) is 9.94. The fraction of sp³-hybridized carbons (Fsp3) is 0.579. The molecule has 1 aliphatic carbocycles. The van der Waals surface area contributed by atoms with Crippen LogP contribution < -0.4 is 4.90 Å². The lowest BCUT2D eigenvalue weighted by atomic mass is 10.1. The van der Waals surface area contributed by atoms with Gasteiger partial charge in [0, 0.05) is 38.7 Å². The highest BCUT2D eigenvalue weighted by molar-refractivity contribution is 5.93. The lowest BCUT2D eigenvalue weighted by Crippen LogP contribution is -2.41. The van der Waals surface area contributed by atoms with Gasteiger partial charge in [-0.2, -0.15) is 0 Å². The van der Waals surface area contributed by atoms with E-state index in [2.05, 4.69) is 0 Å². The summed E-state index contributed by atoms with van der Waals surface area (Å²) in [4.78, 5) is 28.0. The number of anilines is 1. The molecule has 2 amide bonds. The number of amides is 2. The number of hydrogen-bond donors (Lipinski definition) is 0. The molecular weight excluding hydrogens is 288 g/mol. The van der Waals surface area contributed by atoms with Crippen LogP contribution in [0.25, 0.3) is 0 Å². The van der Waals surface area contributed by atoms with Gasteiger partial charge in [-0.05, 0) is 25.0 Å². The third-order valence-electron chi connectivity index (χ3n) is 4.75. The van der Waals surface area contributed by atoms with Crippen molar-refractivity contribution in [1.82, 2.24) is 4.90 Å². The molecule has 0 aliphatic heterocycles. The molecule has 0 spiro atoms. The van der Waals surface area contributed by atoms with Crippen LogP contribution in [0.15, 0.2) is 30.3 Å². The van der Waals surface area contributed by atoms with Gasteiger partial charge in [-0.1, -0.05) is 43.9 Å². The van der Waals surface area contributed by atoms with Gasteiger partial charge in [0.15, 0.2) is 0 Å². The third kappa shape index (κ3) is 5.08. The van der Waals surface area contributed by atoms with Crippen LogP contribution in [0.2, 0.25) is 0 Å². The zero-order chi connectivity index (χ0) is 16.7. The molecule has 0 N–H and O–H groups in total. The second-order valence-electron chi connectivity index (χ2n) is 6.40. The lowest BCUT2D eigenvalue weighted by Gasteiger charge is -2.30. The fourth-order valence-electron chi connectivity index (χ4n) is 3.35. The van der Waals surface area contributed by atoms with E-state index in [4.69, 9.17) is 0 Å². The second-order valence-corrected chi connectivity index (χ2v) is 6.40. The topological polar surface area (TPSA) is 40.6 Å². The average Bonchev–Trinajstić information content (AvgIpc) is 2.84. The maximum atomic E-state index is 12.4. The van der Waals surface area contributed by atoms with Crippen molar-refractivity contribution in [2.75, 3.05) is 18.5 Å². The Hall–Kier alpha value is -1.84. The number of nitrogens with zero attached hydrogens (tertiary/aromatic N) is 2. The minimum atomic E-state index is 0.0519. The Balaban J connectivity index is 1.92. The van der Waals surface area contributed by atoms with Gasteiger partial charge in [0.2, 0.25) is 11.8 Å². The van der Waals surface area contributed by atoms with Crippen LogP contribution in [-0.2, 0) is 9.59 Å². The zero-order valence-corrected chi connectivity index (χ0v) is 14.3. The van der Waals surface area contributed by atoms with Crippen molar-refractivity contribution in [3.8, 4) is 0 Å². The highest BCUT2D eigenvalue weighted by Crippen LogP contribution is 2.22. The summed E-state index contributed by atoms with van der Waals surface area (Å²) in [7, 11) is 1.79. The minimum absolute atomic E-state index is 0.0519. The van der Waals surface area contributed by atoms with Crippen molar-refractivity contribution in [2.45, 2.75) is 57.9 Å². The van der Waals surface area contributed by atoms with Gasteiger partial charge in [-0.3, -0.25) is 9.59 Å². The van der Waals surface area contributed by atoms with Gasteiger partial charge in [0.05, 0.1) is 0 Å². The smallest absolute Gasteiger partial charge is 0.228 e. The molecule has 4 nitrogen and oxygen atoms in total. The summed E-state index contributed by atoms with van der Waals surface area (Å²) < 4.78 is 0. The average molecular weight is 316 g/mol. The quantitative estimate of drug-likeness (QED) is 0.779. The first-order valence-corrected chi connectivity index (χ1v) is 8.68. The molecule has 4 heteroatoms. The minimum Gasteiger partial charge on any atom is -0.339 e. The van der Waals surface area contributed by atoms with E-state index in [9.17, 15) is 9.59 Å². The van der Waals surface area contributed by atoms with Crippen molar-refractivity contribution < 1.29 is 9.59 Å². The lowest BCUT2D eigenvalue weighted by molar-refractivity contribution is -0.132. The van der Waals surface area contributed by atoms with E-state index >= 15 is 0 Å². The predicted octanol–water partition coefficient (Wildman–Crippen LogP) is 3.61. The molecule has 23 heavy (non-hydrogen) atoms. The van der Waals surface area contributed by atoms with E-state index in [0.29, 0.717) is 19.0 Å². The van der Waals surface area contributed by atoms with E-state index in [1.165, 1.54) is 25.7 Å². The van der Waals surface area contributed by atoms with Gasteiger partial charge in [0.25, 0.3) is 0 Å². The molecule has 1 aromatic rings. The zero-order valence-electron chi connectivity index (χ0n) is 14.3. The monoisotopic (exact) mass is 316 g/mol. The highest BCUT2D eigenvalue weighted by Gasteiger charge is 2.23. The van der Waals surface area contributed by atoms with Gasteiger partial charge in [-0.25, -0.2) is 0 Å². The Labute approximate surface area is 139 Å². The van der Waals surface area contributed by atoms with E-state index < -0.39 is 0 Å². The maximum Gasteiger partial charge on any atom is 0.228 e. The summed E-state index contributed by atoms with van der Waals surface area (Å²) >= 11 is 0. The standard InChI is InChI=1S/C19H28N2O2/c1-16(22)21(18-12-6-3-4-7-13-18)15-14-19(23)20(2)17-10-8-5-9-11-17/h5,8-11,18H,3-4,6-7,12-15H2,1-2H3. The van der Waals surface area contributed by atoms with Crippen LogP contribution in [0.4, 0.5) is 5.69 Å². The SMILES string of the molecule is CC(=O)N(CCC(=O)N(C)c1ccccc1)C1CCCCCC1. The summed E-state index contributed by atoms with van der Waals surface area (Å²) in [5.41, 5.74) is 0.890. The van der Waals surface area contributed by atoms with E-state index in [0.717, 1.165) is 18.5 Å². The molecule has 0 atom stereocenters. The predicted molar refractivity (Wildman–Crippen MR) is 93.3 cm³/mol. The molecule has 0 radical (unpaired) electrons. The molecule has 0 bridgehead atoms. The number of hydrogen-bond acceptors (Lipinski definition) is 2. The van der Waals surface area contributed by atoms with E-state index in [1.54, 1.807) is 18.9 Å². The molecule has 1 aliphatic rings. The first-order valence-electron chi connectivity index (χ1n) is 8.68. The molecule has 1 saturated carbocycles. The van der Waals surface area contributed by atoms with Crippen LogP contribution in [0, 0.1) is 0 Å². The first-order chi connectivity index (χ1) is 11.1. The molecule has 0 saturated heterocycles. The van der Waals surface area contributed by atoms with Crippen molar-refractivity contribution in [3.05, 3.63) is 30.3 Å². The first kappa shape index (κ1) is 17.5. The summed E-state index contributed by atoms with van der Waals surface area (Å²) in [6.45, 7) is 2.15. The van der Waals surface area contributed by atoms with Crippen LogP contribution in [-0.4, -0.2) is 36.3 Å². The van der Waals surface area contributed by atoms with E-state index in [1.807, 2.05) is 35.2 Å². The van der Waals surface area contributed by atoms with Crippen molar-refractivity contribution in [1.29, 1.82) is 0 Å². The number of carbonyl (C=O) groups excluding carboxylic acids is 2. The summed E-state index contributed by atoms with van der Waals surface area (Å²) in [5.74, 6) is 0.142. The second kappa shape index (κ2) is 8.70. The Kier molecular flexibility index (Phi) is 6.63. The van der Waals surface area contributed by atoms with Crippen molar-refractivity contribution in [2.24, 2.45) is 0 Å². The van der Waals surface area contributed by atoms with Crippen LogP contribution in [0.1, 0.15) is 51.9 Å². The van der Waals surface area contributed by atoms with Crippen molar-refractivity contribution >= 4 is 17.5 Å². The molecule has 0 heterocycles. The maximum absolute atomic E-state index is 12.4. The van der Waals surface area contributed by atoms with Gasteiger partial charge in [0.1, 0.15) is 0 Å². The Morgan fingerprint density at radius 1 is 1.04 bits per heavy atom. The normalized spacial score (nSPS) is 15.7. The third-order valence-corrected chi connectivity index (χ3v) is 4.75. The largest absolute Gasteiger partial charge is 0.339 e. The van der Waals surface area contributed by atoms with Crippen LogP contribution in [0.5, 0.6) is 0 Å². The number of benzene rings is 1. The molecule has 2 rings (SSSR count). The molecule has 0 aromatic heterocycles. The molecule has 1 aromatic carbocycles. The fourth-order valence-corrected chi connectivity index (χ4v) is 3.35. The number of carbonyl (C=O) groups is 2. The van der Waals surface area contributed by atoms with Crippen LogP contribution in [0.3, 0.4) is 0 Å². The number of para-hydroxylation sites is 1. The van der Waals surface area contributed by atoms with E-state index in [-0.39, 0.29) is 11.8 Å². The van der Waals surface area contributed by atoms with Crippen LogP contribution >= 0.6 is 0 Å². The van der Waals surface area contributed by atoms with Gasteiger partial charge >= 0.3 is 0 Å². The molecule has 126 valence electrons. The van der Waals surface area contributed by atoms with Gasteiger partial charge < -0.3 is 9.80 Å². The summed E-state index contributed by atoms with van der Waals surface area (Å²) in [5, 5.41) is 0. The Bertz CT molecular complexity index is 507. The van der Waals surface area contributed by atoms with Gasteiger partial charge in [-0.15, -0.1) is 0 Å². The number of rotatable bonds is 5. The molecular formula is C19H28N2O2.